The zero-order chi connectivity index (χ0) is 20.3. The minimum Gasteiger partial charge on any atom is -0.351 e. The quantitative estimate of drug-likeness (QED) is 0.636. The lowest BCUT2D eigenvalue weighted by molar-refractivity contribution is 0.0950. The molecule has 154 valence electrons. The molecule has 1 saturated carbocycles. The van der Waals surface area contributed by atoms with Gasteiger partial charge in [-0.1, -0.05) is 43.5 Å². The van der Waals surface area contributed by atoms with Crippen LogP contribution >= 0.6 is 0 Å². The summed E-state index contributed by atoms with van der Waals surface area (Å²) >= 11 is 0. The molecule has 5 rings (SSSR count). The maximum atomic E-state index is 13.0. The lowest BCUT2D eigenvalue weighted by Crippen LogP contribution is -2.31. The van der Waals surface area contributed by atoms with E-state index in [2.05, 4.69) is 20.3 Å². The first kappa shape index (κ1) is 19.2. The van der Waals surface area contributed by atoms with Gasteiger partial charge < -0.3 is 5.32 Å². The van der Waals surface area contributed by atoms with Gasteiger partial charge in [0.25, 0.3) is 5.91 Å². The number of hydrogen-bond donors (Lipinski definition) is 1. The molecule has 1 aliphatic carbocycles. The van der Waals surface area contributed by atoms with Crippen molar-refractivity contribution in [2.45, 2.75) is 38.1 Å². The van der Waals surface area contributed by atoms with E-state index in [0.29, 0.717) is 23.8 Å². The van der Waals surface area contributed by atoms with E-state index in [9.17, 15) is 4.79 Å². The van der Waals surface area contributed by atoms with E-state index in [0.717, 1.165) is 29.8 Å². The summed E-state index contributed by atoms with van der Waals surface area (Å²) in [5.74, 6) is -0.0585. The van der Waals surface area contributed by atoms with Crippen LogP contribution in [0.2, 0.25) is 0 Å². The molecule has 30 heavy (non-hydrogen) atoms. The first-order valence-corrected chi connectivity index (χ1v) is 10.9. The highest BCUT2D eigenvalue weighted by atomic mass is 16.1. The topological polar surface area (TPSA) is 60.9 Å². The first-order valence-electron chi connectivity index (χ1n) is 10.9. The Bertz CT molecular complexity index is 1030. The third kappa shape index (κ3) is 4.06. The molecule has 2 atom stereocenters. The highest BCUT2D eigenvalue weighted by Gasteiger charge is 2.37. The van der Waals surface area contributed by atoms with E-state index in [4.69, 9.17) is 4.98 Å². The van der Waals surface area contributed by atoms with Crippen LogP contribution in [0.4, 0.5) is 0 Å². The maximum absolute atomic E-state index is 13.0. The molecular formula is C24H27N5O. The number of carbonyl (C=O) groups excluding carboxylic acids is 1. The summed E-state index contributed by atoms with van der Waals surface area (Å²) in [6, 6.07) is 16.1. The van der Waals surface area contributed by atoms with Crippen LogP contribution in [0.3, 0.4) is 0 Å². The lowest BCUT2D eigenvalue weighted by atomic mass is 9.96. The van der Waals surface area contributed by atoms with Gasteiger partial charge in [0, 0.05) is 30.7 Å². The van der Waals surface area contributed by atoms with Crippen LogP contribution in [-0.4, -0.2) is 51.7 Å². The Morgan fingerprint density at radius 2 is 1.87 bits per heavy atom. The van der Waals surface area contributed by atoms with Gasteiger partial charge in [-0.3, -0.25) is 9.78 Å². The largest absolute Gasteiger partial charge is 0.351 e. The van der Waals surface area contributed by atoms with E-state index >= 15 is 0 Å². The summed E-state index contributed by atoms with van der Waals surface area (Å²) in [6.45, 7) is 2.53. The van der Waals surface area contributed by atoms with Gasteiger partial charge in [-0.05, 0) is 37.1 Å². The molecule has 0 spiro atoms. The van der Waals surface area contributed by atoms with Gasteiger partial charge in [-0.25, -0.2) is 15.0 Å². The Kier molecular flexibility index (Phi) is 5.43. The molecule has 3 heterocycles. The van der Waals surface area contributed by atoms with E-state index < -0.39 is 0 Å². The van der Waals surface area contributed by atoms with Crippen LogP contribution in [0.5, 0.6) is 0 Å². The van der Waals surface area contributed by atoms with Gasteiger partial charge in [0.1, 0.15) is 0 Å². The Balaban J connectivity index is 1.27. The molecular weight excluding hydrogens is 374 g/mol. The monoisotopic (exact) mass is 401 g/mol. The molecule has 0 bridgehead atoms. The summed E-state index contributed by atoms with van der Waals surface area (Å²) < 4.78 is 0. The fourth-order valence-electron chi connectivity index (χ4n) is 4.47. The molecule has 3 aromatic rings. The van der Waals surface area contributed by atoms with Crippen LogP contribution < -0.4 is 5.32 Å². The Hall–Kier alpha value is -2.83. The lowest BCUT2D eigenvalue weighted by Gasteiger charge is -2.23. The van der Waals surface area contributed by atoms with Crippen molar-refractivity contribution in [3.63, 3.8) is 0 Å². The summed E-state index contributed by atoms with van der Waals surface area (Å²) in [7, 11) is 0. The highest BCUT2D eigenvalue weighted by molar-refractivity contribution is 6.07. The third-order valence-electron chi connectivity index (χ3n) is 6.13. The Labute approximate surface area is 176 Å². The number of benzene rings is 1. The van der Waals surface area contributed by atoms with Crippen molar-refractivity contribution in [1.29, 1.82) is 0 Å². The number of hydrogen-bond acceptors (Lipinski definition) is 5. The first-order chi connectivity index (χ1) is 14.8. The van der Waals surface area contributed by atoms with Gasteiger partial charge in [-0.2, -0.15) is 0 Å². The molecule has 2 fully saturated rings. The van der Waals surface area contributed by atoms with E-state index in [1.807, 2.05) is 48.5 Å². The number of rotatable bonds is 6. The van der Waals surface area contributed by atoms with Gasteiger partial charge in [0.15, 0.2) is 0 Å². The predicted octanol–water partition coefficient (Wildman–Crippen LogP) is 3.85. The number of nitrogens with one attached hydrogen (secondary N) is 1. The smallest absolute Gasteiger partial charge is 0.252 e. The Morgan fingerprint density at radius 3 is 2.70 bits per heavy atom. The minimum atomic E-state index is -0.0585. The zero-order valence-corrected chi connectivity index (χ0v) is 17.1. The van der Waals surface area contributed by atoms with Gasteiger partial charge >= 0.3 is 0 Å². The zero-order valence-electron chi connectivity index (χ0n) is 17.1. The molecule has 1 aromatic carbocycles. The van der Waals surface area contributed by atoms with Crippen molar-refractivity contribution in [2.24, 2.45) is 0 Å². The van der Waals surface area contributed by atoms with Crippen LogP contribution in [0.1, 0.15) is 42.5 Å². The second-order valence-electron chi connectivity index (χ2n) is 8.15. The van der Waals surface area contributed by atoms with Crippen LogP contribution in [-0.2, 0) is 0 Å². The SMILES string of the molecule is O=C(NCCN1CN1C1CCCCC1)c1cc(-c2ccccn2)nc2ccccc12. The van der Waals surface area contributed by atoms with Crippen LogP contribution in [0.15, 0.2) is 54.7 Å². The van der Waals surface area contributed by atoms with Crippen molar-refractivity contribution in [3.05, 3.63) is 60.3 Å². The van der Waals surface area contributed by atoms with Gasteiger partial charge in [0.05, 0.1) is 29.1 Å². The third-order valence-corrected chi connectivity index (χ3v) is 6.13. The van der Waals surface area contributed by atoms with Crippen LogP contribution in [0, 0.1) is 0 Å². The minimum absolute atomic E-state index is 0.0585. The predicted molar refractivity (Wildman–Crippen MR) is 118 cm³/mol. The summed E-state index contributed by atoms with van der Waals surface area (Å²) in [5, 5.41) is 8.79. The van der Waals surface area contributed by atoms with Crippen molar-refractivity contribution < 1.29 is 4.79 Å². The standard InChI is InChI=1S/C24H27N5O/c30-24(26-14-15-28-17-29(28)18-8-2-1-3-9-18)20-16-23(22-12-6-7-13-25-22)27-21-11-5-4-10-19(20)21/h4-7,10-13,16,18H,1-3,8-9,14-15,17H2,(H,26,30). The molecule has 6 nitrogen and oxygen atoms in total. The number of aromatic nitrogens is 2. The molecule has 2 unspecified atom stereocenters. The molecule has 1 N–H and O–H groups in total. The van der Waals surface area contributed by atoms with E-state index in [1.165, 1.54) is 32.1 Å². The number of para-hydroxylation sites is 1. The Morgan fingerprint density at radius 1 is 1.03 bits per heavy atom. The summed E-state index contributed by atoms with van der Waals surface area (Å²) in [4.78, 5) is 22.1. The molecule has 2 aromatic heterocycles. The summed E-state index contributed by atoms with van der Waals surface area (Å²) in [5.41, 5.74) is 2.94. The molecule has 2 aliphatic rings. The highest BCUT2D eigenvalue weighted by Crippen LogP contribution is 2.29. The molecule has 0 radical (unpaired) electrons. The van der Waals surface area contributed by atoms with Crippen molar-refractivity contribution in [2.75, 3.05) is 19.8 Å². The number of carbonyl (C=O) groups is 1. The molecule has 1 amide bonds. The number of amides is 1. The number of nitrogens with zero attached hydrogens (tertiary/aromatic N) is 4. The van der Waals surface area contributed by atoms with Gasteiger partial charge in [-0.15, -0.1) is 0 Å². The second kappa shape index (κ2) is 8.50. The maximum Gasteiger partial charge on any atom is 0.252 e. The average molecular weight is 402 g/mol. The van der Waals surface area contributed by atoms with E-state index in [-0.39, 0.29) is 5.91 Å². The molecule has 1 saturated heterocycles. The normalized spacial score (nSPS) is 21.5. The molecule has 6 heteroatoms. The summed E-state index contributed by atoms with van der Waals surface area (Å²) in [6.07, 6.45) is 8.43. The van der Waals surface area contributed by atoms with Crippen molar-refractivity contribution >= 4 is 16.8 Å². The fourth-order valence-corrected chi connectivity index (χ4v) is 4.47. The van der Waals surface area contributed by atoms with Crippen molar-refractivity contribution in [1.82, 2.24) is 25.3 Å². The fraction of sp³-hybridized carbons (Fsp3) is 0.375. The second-order valence-corrected chi connectivity index (χ2v) is 8.15. The van der Waals surface area contributed by atoms with E-state index in [1.54, 1.807) is 6.20 Å². The number of hydrazine groups is 1. The average Bonchev–Trinajstić information content (AvgIpc) is 3.59. The van der Waals surface area contributed by atoms with Gasteiger partial charge in [0.2, 0.25) is 0 Å². The van der Waals surface area contributed by atoms with Crippen LogP contribution in [0.25, 0.3) is 22.3 Å². The van der Waals surface area contributed by atoms with Crippen molar-refractivity contribution in [3.8, 4) is 11.4 Å². The number of fused-ring (bicyclic) bond motifs is 1. The molecule has 1 aliphatic heterocycles. The number of pyridine rings is 2.